The van der Waals surface area contributed by atoms with Gasteiger partial charge in [-0.25, -0.2) is 0 Å². The number of nitrogens with zero attached hydrogens (tertiary/aromatic N) is 2. The van der Waals surface area contributed by atoms with Crippen molar-refractivity contribution in [1.29, 1.82) is 0 Å². The van der Waals surface area contributed by atoms with Gasteiger partial charge < -0.3 is 10.2 Å². The fourth-order valence-corrected chi connectivity index (χ4v) is 1.46. The Labute approximate surface area is 84.2 Å². The maximum atomic E-state index is 9.85. The summed E-state index contributed by atoms with van der Waals surface area (Å²) in [4.78, 5) is 0. The molecule has 1 aromatic rings. The lowest BCUT2D eigenvalue weighted by Crippen LogP contribution is -2.24. The summed E-state index contributed by atoms with van der Waals surface area (Å²) in [7, 11) is 1.80. The van der Waals surface area contributed by atoms with E-state index in [4.69, 9.17) is 0 Å². The van der Waals surface area contributed by atoms with E-state index in [-0.39, 0.29) is 5.92 Å². The van der Waals surface area contributed by atoms with Crippen LogP contribution in [-0.4, -0.2) is 26.1 Å². The average Bonchev–Trinajstić information content (AvgIpc) is 2.42. The summed E-state index contributed by atoms with van der Waals surface area (Å²) in [5, 5.41) is 23.7. The molecule has 0 radical (unpaired) electrons. The molecule has 0 saturated heterocycles. The maximum absolute atomic E-state index is 9.85. The van der Waals surface area contributed by atoms with E-state index in [0.717, 1.165) is 5.69 Å². The second-order valence-electron chi connectivity index (χ2n) is 4.02. The van der Waals surface area contributed by atoms with Crippen LogP contribution in [0.5, 0.6) is 0 Å². The molecular formula is C10H18N2O2. The predicted octanol–water partition coefficient (Wildman–Crippen LogP) is 0.779. The molecule has 0 aromatic carbocycles. The van der Waals surface area contributed by atoms with Gasteiger partial charge in [-0.2, -0.15) is 5.10 Å². The van der Waals surface area contributed by atoms with E-state index < -0.39 is 12.2 Å². The Balaban J connectivity index is 2.88. The molecule has 4 nitrogen and oxygen atoms in total. The van der Waals surface area contributed by atoms with Gasteiger partial charge in [0, 0.05) is 18.8 Å². The molecule has 4 heteroatoms. The molecule has 0 bridgehead atoms. The highest BCUT2D eigenvalue weighted by atomic mass is 16.3. The van der Waals surface area contributed by atoms with Crippen LogP contribution in [-0.2, 0) is 7.05 Å². The summed E-state index contributed by atoms with van der Waals surface area (Å²) in [6, 6.07) is 0. The Bertz CT molecular complexity index is 307. The molecule has 2 N–H and O–H groups in total. The minimum Gasteiger partial charge on any atom is -0.390 e. The van der Waals surface area contributed by atoms with Crippen LogP contribution in [0, 0.1) is 12.8 Å². The number of aromatic nitrogens is 2. The Morgan fingerprint density at radius 2 is 1.93 bits per heavy atom. The summed E-state index contributed by atoms with van der Waals surface area (Å²) < 4.78 is 1.64. The zero-order chi connectivity index (χ0) is 10.9. The number of hydrogen-bond acceptors (Lipinski definition) is 3. The highest BCUT2D eigenvalue weighted by molar-refractivity contribution is 5.19. The smallest absolute Gasteiger partial charge is 0.108 e. The Hall–Kier alpha value is -0.870. The molecule has 0 fully saturated rings. The predicted molar refractivity (Wildman–Crippen MR) is 53.7 cm³/mol. The van der Waals surface area contributed by atoms with E-state index in [0.29, 0.717) is 5.56 Å². The molecule has 0 aliphatic heterocycles. The molecule has 0 saturated carbocycles. The number of rotatable bonds is 3. The van der Waals surface area contributed by atoms with Crippen LogP contribution in [0.2, 0.25) is 0 Å². The van der Waals surface area contributed by atoms with E-state index in [2.05, 4.69) is 5.10 Å². The van der Waals surface area contributed by atoms with Crippen LogP contribution >= 0.6 is 0 Å². The maximum Gasteiger partial charge on any atom is 0.108 e. The van der Waals surface area contributed by atoms with E-state index in [1.54, 1.807) is 17.9 Å². The first kappa shape index (κ1) is 11.2. The second kappa shape index (κ2) is 4.11. The van der Waals surface area contributed by atoms with Crippen molar-refractivity contribution in [3.8, 4) is 0 Å². The SMILES string of the molecule is Cc1nn(C)cc1C(O)C(O)C(C)C. The Morgan fingerprint density at radius 3 is 2.29 bits per heavy atom. The van der Waals surface area contributed by atoms with E-state index in [9.17, 15) is 10.2 Å². The fraction of sp³-hybridized carbons (Fsp3) is 0.700. The van der Waals surface area contributed by atoms with Gasteiger partial charge in [-0.15, -0.1) is 0 Å². The van der Waals surface area contributed by atoms with Gasteiger partial charge in [0.15, 0.2) is 0 Å². The summed E-state index contributed by atoms with van der Waals surface area (Å²) in [6.07, 6.45) is 0.160. The first-order chi connectivity index (χ1) is 6.43. The van der Waals surface area contributed by atoms with Gasteiger partial charge in [0.05, 0.1) is 11.8 Å². The molecule has 0 aliphatic rings. The van der Waals surface area contributed by atoms with Crippen molar-refractivity contribution in [2.75, 3.05) is 0 Å². The molecule has 0 spiro atoms. The van der Waals surface area contributed by atoms with Crippen molar-refractivity contribution in [2.45, 2.75) is 33.0 Å². The van der Waals surface area contributed by atoms with E-state index in [1.165, 1.54) is 0 Å². The molecular weight excluding hydrogens is 180 g/mol. The first-order valence-corrected chi connectivity index (χ1v) is 4.79. The lowest BCUT2D eigenvalue weighted by molar-refractivity contribution is -0.00974. The molecule has 2 atom stereocenters. The number of aryl methyl sites for hydroxylation is 2. The zero-order valence-electron chi connectivity index (χ0n) is 9.10. The average molecular weight is 198 g/mol. The lowest BCUT2D eigenvalue weighted by atomic mass is 9.97. The highest BCUT2D eigenvalue weighted by Crippen LogP contribution is 2.23. The fourth-order valence-electron chi connectivity index (χ4n) is 1.46. The van der Waals surface area contributed by atoms with Gasteiger partial charge in [-0.3, -0.25) is 4.68 Å². The molecule has 0 amide bonds. The van der Waals surface area contributed by atoms with Gasteiger partial charge in [-0.05, 0) is 12.8 Å². The monoisotopic (exact) mass is 198 g/mol. The lowest BCUT2D eigenvalue weighted by Gasteiger charge is -2.20. The third-order valence-corrected chi connectivity index (χ3v) is 2.38. The third kappa shape index (κ3) is 2.13. The quantitative estimate of drug-likeness (QED) is 0.754. The van der Waals surface area contributed by atoms with E-state index in [1.807, 2.05) is 20.8 Å². The van der Waals surface area contributed by atoms with Crippen LogP contribution < -0.4 is 0 Å². The summed E-state index contributed by atoms with van der Waals surface area (Å²) in [5.41, 5.74) is 1.47. The summed E-state index contributed by atoms with van der Waals surface area (Å²) in [6.45, 7) is 5.57. The second-order valence-corrected chi connectivity index (χ2v) is 4.02. The number of aliphatic hydroxyl groups excluding tert-OH is 2. The van der Waals surface area contributed by atoms with E-state index >= 15 is 0 Å². The van der Waals surface area contributed by atoms with Crippen molar-refractivity contribution >= 4 is 0 Å². The summed E-state index contributed by atoms with van der Waals surface area (Å²) >= 11 is 0. The van der Waals surface area contributed by atoms with Gasteiger partial charge in [0.25, 0.3) is 0 Å². The van der Waals surface area contributed by atoms with Crippen LogP contribution in [0.4, 0.5) is 0 Å². The van der Waals surface area contributed by atoms with Crippen molar-refractivity contribution in [3.05, 3.63) is 17.5 Å². The summed E-state index contributed by atoms with van der Waals surface area (Å²) in [5.74, 6) is 0.0320. The van der Waals surface area contributed by atoms with Gasteiger partial charge in [0.1, 0.15) is 6.10 Å². The van der Waals surface area contributed by atoms with Crippen LogP contribution in [0.15, 0.2) is 6.20 Å². The molecule has 14 heavy (non-hydrogen) atoms. The normalized spacial score (nSPS) is 15.9. The highest BCUT2D eigenvalue weighted by Gasteiger charge is 2.24. The molecule has 0 aliphatic carbocycles. The van der Waals surface area contributed by atoms with Crippen molar-refractivity contribution < 1.29 is 10.2 Å². The zero-order valence-corrected chi connectivity index (χ0v) is 9.10. The van der Waals surface area contributed by atoms with Crippen molar-refractivity contribution in [1.82, 2.24) is 9.78 Å². The standard InChI is InChI=1S/C10H18N2O2/c1-6(2)9(13)10(14)8-5-12(4)11-7(8)3/h5-6,9-10,13-14H,1-4H3. The third-order valence-electron chi connectivity index (χ3n) is 2.38. The van der Waals surface area contributed by atoms with Crippen molar-refractivity contribution in [3.63, 3.8) is 0 Å². The van der Waals surface area contributed by atoms with Crippen LogP contribution in [0.25, 0.3) is 0 Å². The molecule has 1 rings (SSSR count). The molecule has 80 valence electrons. The topological polar surface area (TPSA) is 58.3 Å². The van der Waals surface area contributed by atoms with Crippen LogP contribution in [0.3, 0.4) is 0 Å². The first-order valence-electron chi connectivity index (χ1n) is 4.79. The Kier molecular flexibility index (Phi) is 3.29. The van der Waals surface area contributed by atoms with Gasteiger partial charge in [0.2, 0.25) is 0 Å². The largest absolute Gasteiger partial charge is 0.390 e. The number of hydrogen-bond donors (Lipinski definition) is 2. The molecule has 2 unspecified atom stereocenters. The van der Waals surface area contributed by atoms with Gasteiger partial charge in [-0.1, -0.05) is 13.8 Å². The van der Waals surface area contributed by atoms with Crippen LogP contribution in [0.1, 0.15) is 31.2 Å². The minimum absolute atomic E-state index is 0.0320. The molecule has 1 aromatic heterocycles. The minimum atomic E-state index is -0.844. The number of aliphatic hydroxyl groups is 2. The van der Waals surface area contributed by atoms with Crippen molar-refractivity contribution in [2.24, 2.45) is 13.0 Å². The molecule has 1 heterocycles. The van der Waals surface area contributed by atoms with Gasteiger partial charge >= 0.3 is 0 Å². The Morgan fingerprint density at radius 1 is 1.36 bits per heavy atom.